The second kappa shape index (κ2) is 6.51. The van der Waals surface area contributed by atoms with Gasteiger partial charge in [0.2, 0.25) is 0 Å². The number of aromatic nitrogens is 4. The number of hydrogen-bond donors (Lipinski definition) is 0. The lowest BCUT2D eigenvalue weighted by atomic mass is 10.3. The number of benzene rings is 1. The SMILES string of the molecule is CSc1nnc(SC(C)c2nc3ccccc3n2C(F)F)s1. The summed E-state index contributed by atoms with van der Waals surface area (Å²) < 4.78 is 29.5. The van der Waals surface area contributed by atoms with Crippen molar-refractivity contribution < 1.29 is 8.78 Å². The van der Waals surface area contributed by atoms with Crippen LogP contribution in [0.3, 0.4) is 0 Å². The van der Waals surface area contributed by atoms with Gasteiger partial charge in [-0.15, -0.1) is 10.2 Å². The quantitative estimate of drug-likeness (QED) is 0.610. The monoisotopic (exact) mass is 358 g/mol. The maximum Gasteiger partial charge on any atom is 0.320 e. The predicted octanol–water partition coefficient (Wildman–Crippen LogP) is 4.86. The van der Waals surface area contributed by atoms with E-state index in [1.165, 1.54) is 34.9 Å². The molecule has 22 heavy (non-hydrogen) atoms. The van der Waals surface area contributed by atoms with Gasteiger partial charge in [-0.25, -0.2) is 4.98 Å². The Labute approximate surface area is 138 Å². The largest absolute Gasteiger partial charge is 0.320 e. The van der Waals surface area contributed by atoms with Crippen molar-refractivity contribution in [1.82, 2.24) is 19.7 Å². The number of fused-ring (bicyclic) bond motifs is 1. The minimum absolute atomic E-state index is 0.246. The Hall–Kier alpha value is -1.19. The summed E-state index contributed by atoms with van der Waals surface area (Å²) in [7, 11) is 0. The van der Waals surface area contributed by atoms with Crippen molar-refractivity contribution in [3.8, 4) is 0 Å². The number of alkyl halides is 2. The Balaban J connectivity index is 1.96. The number of para-hydroxylation sites is 2. The molecule has 0 radical (unpaired) electrons. The number of nitrogens with zero attached hydrogens (tertiary/aromatic N) is 4. The summed E-state index contributed by atoms with van der Waals surface area (Å²) in [4.78, 5) is 4.37. The topological polar surface area (TPSA) is 43.6 Å². The highest BCUT2D eigenvalue weighted by Crippen LogP contribution is 2.39. The second-order valence-corrected chi connectivity index (χ2v) is 8.02. The van der Waals surface area contributed by atoms with E-state index in [9.17, 15) is 8.78 Å². The molecule has 0 saturated carbocycles. The zero-order valence-corrected chi connectivity index (χ0v) is 14.2. The van der Waals surface area contributed by atoms with Gasteiger partial charge >= 0.3 is 6.55 Å². The first kappa shape index (κ1) is 15.7. The minimum atomic E-state index is -2.62. The third kappa shape index (κ3) is 2.97. The number of halogens is 2. The van der Waals surface area contributed by atoms with E-state index in [2.05, 4.69) is 15.2 Å². The third-order valence-corrected chi connectivity index (χ3v) is 6.10. The van der Waals surface area contributed by atoms with Crippen LogP contribution < -0.4 is 0 Å². The van der Waals surface area contributed by atoms with E-state index in [1.807, 2.05) is 13.2 Å². The van der Waals surface area contributed by atoms with Gasteiger partial charge in [0.1, 0.15) is 5.82 Å². The van der Waals surface area contributed by atoms with Gasteiger partial charge in [-0.3, -0.25) is 4.57 Å². The first-order valence-electron chi connectivity index (χ1n) is 6.39. The summed E-state index contributed by atoms with van der Waals surface area (Å²) in [5, 5.41) is 7.84. The molecule has 0 bridgehead atoms. The summed E-state index contributed by atoms with van der Waals surface area (Å²) in [6.45, 7) is -0.771. The van der Waals surface area contributed by atoms with E-state index < -0.39 is 6.55 Å². The molecule has 9 heteroatoms. The zero-order valence-electron chi connectivity index (χ0n) is 11.7. The zero-order chi connectivity index (χ0) is 15.7. The molecule has 2 heterocycles. The molecule has 1 unspecified atom stereocenters. The molecule has 0 amide bonds. The maximum atomic E-state index is 13.4. The van der Waals surface area contributed by atoms with Crippen LogP contribution in [0.15, 0.2) is 32.9 Å². The normalized spacial score (nSPS) is 13.1. The highest BCUT2D eigenvalue weighted by Gasteiger charge is 2.23. The van der Waals surface area contributed by atoms with Gasteiger partial charge in [0.05, 0.1) is 16.3 Å². The van der Waals surface area contributed by atoms with Gasteiger partial charge in [0.15, 0.2) is 8.68 Å². The summed E-state index contributed by atoms with van der Waals surface area (Å²) >= 11 is 4.37. The Morgan fingerprint density at radius 3 is 2.59 bits per heavy atom. The van der Waals surface area contributed by atoms with Crippen LogP contribution in [0.25, 0.3) is 11.0 Å². The lowest BCUT2D eigenvalue weighted by Crippen LogP contribution is -2.06. The first-order chi connectivity index (χ1) is 10.6. The van der Waals surface area contributed by atoms with Crippen LogP contribution in [-0.4, -0.2) is 26.0 Å². The number of hydrogen-bond acceptors (Lipinski definition) is 6. The van der Waals surface area contributed by atoms with E-state index >= 15 is 0 Å². The van der Waals surface area contributed by atoms with E-state index in [4.69, 9.17) is 0 Å². The van der Waals surface area contributed by atoms with Gasteiger partial charge in [-0.2, -0.15) is 8.78 Å². The van der Waals surface area contributed by atoms with E-state index in [-0.39, 0.29) is 5.25 Å². The Bertz CT molecular complexity index is 787. The molecule has 0 N–H and O–H groups in total. The highest BCUT2D eigenvalue weighted by atomic mass is 32.2. The van der Waals surface area contributed by atoms with Gasteiger partial charge in [0, 0.05) is 0 Å². The van der Waals surface area contributed by atoms with Gasteiger partial charge in [0.25, 0.3) is 0 Å². The summed E-state index contributed by atoms with van der Waals surface area (Å²) in [5.74, 6) is 0.349. The fraction of sp³-hybridized carbons (Fsp3) is 0.308. The van der Waals surface area contributed by atoms with Crippen LogP contribution in [0.4, 0.5) is 8.78 Å². The molecule has 0 aliphatic rings. The molecule has 0 fully saturated rings. The minimum Gasteiger partial charge on any atom is -0.269 e. The van der Waals surface area contributed by atoms with Crippen LogP contribution in [0.1, 0.15) is 24.5 Å². The number of thioether (sulfide) groups is 2. The number of imidazole rings is 1. The van der Waals surface area contributed by atoms with Crippen LogP contribution in [0.2, 0.25) is 0 Å². The smallest absolute Gasteiger partial charge is 0.269 e. The lowest BCUT2D eigenvalue weighted by Gasteiger charge is -2.12. The maximum absolute atomic E-state index is 13.4. The van der Waals surface area contributed by atoms with Crippen molar-refractivity contribution in [3.63, 3.8) is 0 Å². The molecule has 2 aromatic heterocycles. The Morgan fingerprint density at radius 2 is 1.91 bits per heavy atom. The van der Waals surface area contributed by atoms with Crippen molar-refractivity contribution in [2.75, 3.05) is 6.26 Å². The second-order valence-electron chi connectivity index (χ2n) is 4.40. The fourth-order valence-corrected chi connectivity index (χ4v) is 4.77. The molecule has 116 valence electrons. The lowest BCUT2D eigenvalue weighted by molar-refractivity contribution is 0.0715. The van der Waals surface area contributed by atoms with Gasteiger partial charge < -0.3 is 0 Å². The van der Waals surface area contributed by atoms with E-state index in [0.29, 0.717) is 16.9 Å². The molecular formula is C13H12F2N4S3. The molecule has 4 nitrogen and oxygen atoms in total. The molecule has 1 atom stereocenters. The van der Waals surface area contributed by atoms with Gasteiger partial charge in [-0.1, -0.05) is 47.0 Å². The Kier molecular flexibility index (Phi) is 4.65. The van der Waals surface area contributed by atoms with Crippen molar-refractivity contribution in [2.45, 2.75) is 27.4 Å². The van der Waals surface area contributed by atoms with Crippen LogP contribution in [0.5, 0.6) is 0 Å². The molecule has 3 aromatic rings. The summed E-state index contributed by atoms with van der Waals surface area (Å²) in [6, 6.07) is 6.93. The van der Waals surface area contributed by atoms with Crippen molar-refractivity contribution >= 4 is 45.9 Å². The molecule has 3 rings (SSSR count). The van der Waals surface area contributed by atoms with Crippen LogP contribution in [0, 0.1) is 0 Å². The predicted molar refractivity (Wildman–Crippen MR) is 86.9 cm³/mol. The van der Waals surface area contributed by atoms with Crippen molar-refractivity contribution in [1.29, 1.82) is 0 Å². The third-order valence-electron chi connectivity index (χ3n) is 3.02. The van der Waals surface area contributed by atoms with Gasteiger partial charge in [-0.05, 0) is 25.3 Å². The first-order valence-corrected chi connectivity index (χ1v) is 9.31. The molecule has 0 saturated heterocycles. The molecule has 0 aliphatic carbocycles. The summed E-state index contributed by atoms with van der Waals surface area (Å²) in [5.41, 5.74) is 1.02. The average Bonchev–Trinajstić information content (AvgIpc) is 3.10. The van der Waals surface area contributed by atoms with Crippen LogP contribution >= 0.6 is 34.9 Å². The molecule has 0 spiro atoms. The van der Waals surface area contributed by atoms with Crippen molar-refractivity contribution in [3.05, 3.63) is 30.1 Å². The van der Waals surface area contributed by atoms with Crippen LogP contribution in [-0.2, 0) is 0 Å². The summed E-state index contributed by atoms with van der Waals surface area (Å²) in [6.07, 6.45) is 1.93. The molecular weight excluding hydrogens is 346 g/mol. The number of rotatable bonds is 5. The van der Waals surface area contributed by atoms with E-state index in [1.54, 1.807) is 24.3 Å². The average molecular weight is 358 g/mol. The molecule has 1 aromatic carbocycles. The van der Waals surface area contributed by atoms with E-state index in [0.717, 1.165) is 13.2 Å². The molecule has 0 aliphatic heterocycles. The van der Waals surface area contributed by atoms with Crippen molar-refractivity contribution in [2.24, 2.45) is 0 Å². The standard InChI is InChI=1S/C13H12F2N4S3/c1-7(21-13-18-17-12(20-2)22-13)10-16-8-5-3-4-6-9(8)19(10)11(14)15/h3-7,11H,1-2H3. The Morgan fingerprint density at radius 1 is 1.18 bits per heavy atom. The highest BCUT2D eigenvalue weighted by molar-refractivity contribution is 8.03. The fourth-order valence-electron chi connectivity index (χ4n) is 2.09.